The lowest BCUT2D eigenvalue weighted by atomic mass is 10.4. The quantitative estimate of drug-likeness (QED) is 0.868. The number of aromatic nitrogens is 4. The zero-order chi connectivity index (χ0) is 13.0. The Morgan fingerprint density at radius 3 is 2.89 bits per heavy atom. The van der Waals surface area contributed by atoms with Crippen LogP contribution in [0.4, 0.5) is 5.95 Å². The summed E-state index contributed by atoms with van der Waals surface area (Å²) in [4.78, 5) is 12.8. The van der Waals surface area contributed by atoms with Crippen LogP contribution in [0.5, 0.6) is 5.88 Å². The Kier molecular flexibility index (Phi) is 3.76. The molecule has 2 rings (SSSR count). The van der Waals surface area contributed by atoms with E-state index in [0.717, 1.165) is 11.5 Å². The zero-order valence-corrected chi connectivity index (χ0v) is 10.8. The SMILES string of the molecule is CCOc1cc(C)nc(NCc2nccn2C)n1. The van der Waals surface area contributed by atoms with Crippen LogP contribution < -0.4 is 10.1 Å². The summed E-state index contributed by atoms with van der Waals surface area (Å²) in [5.41, 5.74) is 0.871. The van der Waals surface area contributed by atoms with Crippen molar-refractivity contribution in [2.45, 2.75) is 20.4 Å². The number of rotatable bonds is 5. The van der Waals surface area contributed by atoms with Crippen molar-refractivity contribution >= 4 is 5.95 Å². The van der Waals surface area contributed by atoms with Crippen LogP contribution >= 0.6 is 0 Å². The second-order valence-corrected chi connectivity index (χ2v) is 3.91. The van der Waals surface area contributed by atoms with Crippen LogP contribution in [0.25, 0.3) is 0 Å². The molecule has 0 aliphatic heterocycles. The number of nitrogens with zero attached hydrogens (tertiary/aromatic N) is 4. The van der Waals surface area contributed by atoms with Crippen molar-refractivity contribution in [2.75, 3.05) is 11.9 Å². The van der Waals surface area contributed by atoms with Gasteiger partial charge in [-0.2, -0.15) is 4.98 Å². The van der Waals surface area contributed by atoms with Crippen LogP contribution in [0.2, 0.25) is 0 Å². The van der Waals surface area contributed by atoms with Gasteiger partial charge < -0.3 is 14.6 Å². The molecular formula is C12H17N5O. The largest absolute Gasteiger partial charge is 0.478 e. The van der Waals surface area contributed by atoms with Gasteiger partial charge in [-0.3, -0.25) is 0 Å². The van der Waals surface area contributed by atoms with Gasteiger partial charge in [-0.1, -0.05) is 0 Å². The maximum Gasteiger partial charge on any atom is 0.226 e. The zero-order valence-electron chi connectivity index (χ0n) is 10.8. The third-order valence-electron chi connectivity index (χ3n) is 2.45. The Balaban J connectivity index is 2.07. The van der Waals surface area contributed by atoms with Crippen LogP contribution in [0.15, 0.2) is 18.5 Å². The topological polar surface area (TPSA) is 64.9 Å². The summed E-state index contributed by atoms with van der Waals surface area (Å²) in [7, 11) is 1.95. The fraction of sp³-hybridized carbons (Fsp3) is 0.417. The molecule has 0 aromatic carbocycles. The molecule has 0 radical (unpaired) electrons. The molecule has 2 heterocycles. The van der Waals surface area contributed by atoms with Gasteiger partial charge in [0, 0.05) is 31.2 Å². The summed E-state index contributed by atoms with van der Waals surface area (Å²) in [6.07, 6.45) is 3.67. The number of imidazole rings is 1. The molecule has 1 N–H and O–H groups in total. The third-order valence-corrected chi connectivity index (χ3v) is 2.45. The first-order chi connectivity index (χ1) is 8.69. The maximum atomic E-state index is 5.38. The van der Waals surface area contributed by atoms with E-state index in [4.69, 9.17) is 4.74 Å². The van der Waals surface area contributed by atoms with Crippen molar-refractivity contribution in [3.05, 3.63) is 30.0 Å². The number of hydrogen-bond donors (Lipinski definition) is 1. The molecule has 0 aliphatic carbocycles. The van der Waals surface area contributed by atoms with E-state index < -0.39 is 0 Å². The number of hydrogen-bond acceptors (Lipinski definition) is 5. The van der Waals surface area contributed by atoms with Gasteiger partial charge in [0.1, 0.15) is 5.82 Å². The van der Waals surface area contributed by atoms with E-state index in [1.807, 2.05) is 37.7 Å². The lowest BCUT2D eigenvalue weighted by Gasteiger charge is -2.08. The molecule has 0 unspecified atom stereocenters. The summed E-state index contributed by atoms with van der Waals surface area (Å²) >= 11 is 0. The molecule has 0 bridgehead atoms. The molecule has 0 saturated carbocycles. The Labute approximate surface area is 106 Å². The number of nitrogens with one attached hydrogen (secondary N) is 1. The minimum Gasteiger partial charge on any atom is -0.478 e. The lowest BCUT2D eigenvalue weighted by molar-refractivity contribution is 0.326. The highest BCUT2D eigenvalue weighted by Crippen LogP contribution is 2.12. The monoisotopic (exact) mass is 247 g/mol. The molecule has 0 amide bonds. The second kappa shape index (κ2) is 5.48. The van der Waals surface area contributed by atoms with E-state index in [9.17, 15) is 0 Å². The molecule has 6 nitrogen and oxygen atoms in total. The number of ether oxygens (including phenoxy) is 1. The Bertz CT molecular complexity index is 523. The smallest absolute Gasteiger partial charge is 0.226 e. The Hall–Kier alpha value is -2.11. The van der Waals surface area contributed by atoms with Crippen LogP contribution in [-0.4, -0.2) is 26.1 Å². The van der Waals surface area contributed by atoms with Gasteiger partial charge in [0.2, 0.25) is 11.8 Å². The number of aryl methyl sites for hydroxylation is 2. The Morgan fingerprint density at radius 1 is 1.39 bits per heavy atom. The number of anilines is 1. The van der Waals surface area contributed by atoms with Gasteiger partial charge in [0.05, 0.1) is 13.2 Å². The van der Waals surface area contributed by atoms with Gasteiger partial charge >= 0.3 is 0 Å². The van der Waals surface area contributed by atoms with Crippen molar-refractivity contribution < 1.29 is 4.74 Å². The third kappa shape index (κ3) is 2.97. The van der Waals surface area contributed by atoms with Gasteiger partial charge in [0.15, 0.2) is 0 Å². The molecule has 6 heteroatoms. The molecule has 2 aromatic heterocycles. The highest BCUT2D eigenvalue weighted by Gasteiger charge is 2.04. The molecule has 0 aliphatic rings. The fourth-order valence-electron chi connectivity index (χ4n) is 1.57. The van der Waals surface area contributed by atoms with E-state index in [1.54, 1.807) is 6.20 Å². The van der Waals surface area contributed by atoms with Crippen molar-refractivity contribution in [3.8, 4) is 5.88 Å². The molecular weight excluding hydrogens is 230 g/mol. The molecule has 2 aromatic rings. The van der Waals surface area contributed by atoms with E-state index in [1.165, 1.54) is 0 Å². The standard InChI is InChI=1S/C12H17N5O/c1-4-18-11-7-9(2)15-12(16-11)14-8-10-13-5-6-17(10)3/h5-7H,4,8H2,1-3H3,(H,14,15,16). The van der Waals surface area contributed by atoms with E-state index in [0.29, 0.717) is 25.0 Å². The highest BCUT2D eigenvalue weighted by atomic mass is 16.5. The summed E-state index contributed by atoms with van der Waals surface area (Å²) in [5.74, 6) is 2.08. The first-order valence-corrected chi connectivity index (χ1v) is 5.87. The van der Waals surface area contributed by atoms with Gasteiger partial charge in [0.25, 0.3) is 0 Å². The van der Waals surface area contributed by atoms with Crippen LogP contribution in [-0.2, 0) is 13.6 Å². The molecule has 0 fully saturated rings. The van der Waals surface area contributed by atoms with E-state index >= 15 is 0 Å². The van der Waals surface area contributed by atoms with Gasteiger partial charge in [-0.25, -0.2) is 9.97 Å². The van der Waals surface area contributed by atoms with Crippen molar-refractivity contribution in [1.29, 1.82) is 0 Å². The molecule has 0 atom stereocenters. The maximum absolute atomic E-state index is 5.38. The first-order valence-electron chi connectivity index (χ1n) is 5.87. The predicted molar refractivity (Wildman–Crippen MR) is 68.5 cm³/mol. The summed E-state index contributed by atoms with van der Waals surface area (Å²) < 4.78 is 7.33. The molecule has 18 heavy (non-hydrogen) atoms. The van der Waals surface area contributed by atoms with Gasteiger partial charge in [-0.15, -0.1) is 0 Å². The van der Waals surface area contributed by atoms with Crippen LogP contribution in [0.3, 0.4) is 0 Å². The van der Waals surface area contributed by atoms with Crippen LogP contribution in [0.1, 0.15) is 18.4 Å². The van der Waals surface area contributed by atoms with E-state index in [-0.39, 0.29) is 0 Å². The Morgan fingerprint density at radius 2 is 2.22 bits per heavy atom. The lowest BCUT2D eigenvalue weighted by Crippen LogP contribution is -2.09. The highest BCUT2D eigenvalue weighted by molar-refractivity contribution is 5.30. The minimum atomic E-state index is 0.557. The average molecular weight is 247 g/mol. The summed E-state index contributed by atoms with van der Waals surface area (Å²) in [6.45, 7) is 5.02. The fourth-order valence-corrected chi connectivity index (χ4v) is 1.57. The van der Waals surface area contributed by atoms with Gasteiger partial charge in [-0.05, 0) is 13.8 Å². The summed E-state index contributed by atoms with van der Waals surface area (Å²) in [6, 6.07) is 1.81. The van der Waals surface area contributed by atoms with Crippen molar-refractivity contribution in [2.24, 2.45) is 7.05 Å². The first kappa shape index (κ1) is 12.3. The summed E-state index contributed by atoms with van der Waals surface area (Å²) in [5, 5.41) is 3.14. The van der Waals surface area contributed by atoms with Crippen LogP contribution in [0, 0.1) is 6.92 Å². The minimum absolute atomic E-state index is 0.557. The van der Waals surface area contributed by atoms with Crippen molar-refractivity contribution in [1.82, 2.24) is 19.5 Å². The predicted octanol–water partition coefficient (Wildman–Crippen LogP) is 1.53. The average Bonchev–Trinajstić information content (AvgIpc) is 2.72. The molecule has 96 valence electrons. The molecule has 0 saturated heterocycles. The van der Waals surface area contributed by atoms with Crippen molar-refractivity contribution in [3.63, 3.8) is 0 Å². The molecule has 0 spiro atoms. The van der Waals surface area contributed by atoms with E-state index in [2.05, 4.69) is 20.3 Å². The normalized spacial score (nSPS) is 10.4. The second-order valence-electron chi connectivity index (χ2n) is 3.91.